The van der Waals surface area contributed by atoms with Gasteiger partial charge in [0.1, 0.15) is 0 Å². The average Bonchev–Trinajstić information content (AvgIpc) is 3.19. The number of ether oxygens (including phenoxy) is 3. The van der Waals surface area contributed by atoms with E-state index in [4.69, 9.17) is 14.2 Å². The molecule has 1 N–H and O–H groups in total. The summed E-state index contributed by atoms with van der Waals surface area (Å²) in [7, 11) is 3.01. The van der Waals surface area contributed by atoms with E-state index in [1.165, 1.54) is 7.11 Å². The first-order valence-corrected chi connectivity index (χ1v) is 9.65. The third-order valence-electron chi connectivity index (χ3n) is 7.14. The molecule has 1 aromatic carbocycles. The number of esters is 1. The van der Waals surface area contributed by atoms with Crippen LogP contribution in [0.2, 0.25) is 0 Å². The third kappa shape index (κ3) is 1.86. The number of rotatable bonds is 2. The van der Waals surface area contributed by atoms with Crippen LogP contribution in [0, 0.1) is 17.0 Å². The first-order chi connectivity index (χ1) is 13.5. The molecule has 6 unspecified atom stereocenters. The Bertz CT molecular complexity index is 912. The van der Waals surface area contributed by atoms with E-state index in [0.717, 1.165) is 21.6 Å². The van der Waals surface area contributed by atoms with Crippen LogP contribution >= 0.6 is 0 Å². The second-order valence-electron chi connectivity index (χ2n) is 8.00. The minimum atomic E-state index is -1.05. The van der Waals surface area contributed by atoms with E-state index in [1.807, 2.05) is 37.3 Å². The number of hydroxylamine groups is 1. The second kappa shape index (κ2) is 5.81. The van der Waals surface area contributed by atoms with E-state index in [2.05, 4.69) is 5.32 Å². The molecule has 1 saturated heterocycles. The predicted molar refractivity (Wildman–Crippen MR) is 102 cm³/mol. The normalized spacial score (nSPS) is 41.5. The molecule has 3 heterocycles. The average molecular weight is 384 g/mol. The number of hydrogen-bond donors (Lipinski definition) is 1. The summed E-state index contributed by atoms with van der Waals surface area (Å²) in [5, 5.41) is 16.6. The summed E-state index contributed by atoms with van der Waals surface area (Å²) in [5.41, 5.74) is 0.953. The molecule has 1 aromatic rings. The van der Waals surface area contributed by atoms with Crippen molar-refractivity contribution in [1.29, 1.82) is 0 Å². The lowest BCUT2D eigenvalue weighted by molar-refractivity contribution is -0.536. The van der Waals surface area contributed by atoms with Crippen LogP contribution in [0.5, 0.6) is 0 Å². The Balaban J connectivity index is 1.84. The molecule has 0 radical (unpaired) electrons. The van der Waals surface area contributed by atoms with Crippen molar-refractivity contribution in [1.82, 2.24) is 0 Å². The summed E-state index contributed by atoms with van der Waals surface area (Å²) >= 11 is 0. The van der Waals surface area contributed by atoms with E-state index >= 15 is 0 Å². The summed E-state index contributed by atoms with van der Waals surface area (Å²) in [5.74, 6) is -0.882. The highest BCUT2D eigenvalue weighted by atomic mass is 16.7. The molecule has 1 aliphatic carbocycles. The summed E-state index contributed by atoms with van der Waals surface area (Å²) < 4.78 is 18.3. The fourth-order valence-electron chi connectivity index (χ4n) is 6.13. The van der Waals surface area contributed by atoms with Crippen molar-refractivity contribution >= 4 is 17.9 Å². The molecular weight excluding hydrogens is 360 g/mol. The fraction of sp³-hybridized carbons (Fsp3) is 0.524. The number of carbonyl (C=O) groups is 1. The Morgan fingerprint density at radius 1 is 1.39 bits per heavy atom. The first kappa shape index (κ1) is 17.7. The van der Waals surface area contributed by atoms with Gasteiger partial charge in [-0.1, -0.05) is 24.3 Å². The molecule has 2 bridgehead atoms. The molecule has 0 spiro atoms. The number of fused-ring (bicyclic) bond motifs is 3. The summed E-state index contributed by atoms with van der Waals surface area (Å²) in [6.07, 6.45) is 3.99. The molecule has 3 aliphatic heterocycles. The fourth-order valence-corrected chi connectivity index (χ4v) is 6.13. The molecule has 6 atom stereocenters. The summed E-state index contributed by atoms with van der Waals surface area (Å²) in [4.78, 5) is 13.2. The number of nitrogens with one attached hydrogen (secondary N) is 1. The van der Waals surface area contributed by atoms with Crippen LogP contribution in [-0.2, 0) is 24.4 Å². The molecule has 0 aromatic heterocycles. The first-order valence-electron chi connectivity index (χ1n) is 9.65. The highest BCUT2D eigenvalue weighted by Crippen LogP contribution is 2.67. The zero-order valence-electron chi connectivity index (χ0n) is 16.2. The molecule has 4 aliphatic rings. The molecule has 148 valence electrons. The standard InChI is InChI=1S/C21H24N2O5/c1-4-12-11-23(25)16-9-13(12)18(19(24)27-3)20-10-17(26-2)28-21(16,20)22-15-8-6-5-7-14(15)20/h4-8,11,13,16-18,22H,9-10H2,1-3H3/b12-4-. The van der Waals surface area contributed by atoms with Crippen LogP contribution < -0.4 is 5.32 Å². The molecule has 1 saturated carbocycles. The Labute approximate surface area is 163 Å². The van der Waals surface area contributed by atoms with Crippen LogP contribution in [0.3, 0.4) is 0 Å². The van der Waals surface area contributed by atoms with Gasteiger partial charge in [-0.15, -0.1) is 0 Å². The zero-order chi connectivity index (χ0) is 19.7. The molecule has 7 heteroatoms. The maximum absolute atomic E-state index is 13.2. The maximum atomic E-state index is 13.2. The minimum absolute atomic E-state index is 0.118. The SMILES string of the molecule is C/C=C1/C=[N+]([O-])C2CC1C(C(=O)OC)C13CC(OC)OC21Nc1ccccc13. The second-order valence-corrected chi connectivity index (χ2v) is 8.00. The number of allylic oxidation sites excluding steroid dienone is 2. The van der Waals surface area contributed by atoms with Gasteiger partial charge in [-0.3, -0.25) is 4.79 Å². The quantitative estimate of drug-likeness (QED) is 0.478. The molecule has 7 nitrogen and oxygen atoms in total. The van der Waals surface area contributed by atoms with Crippen molar-refractivity contribution in [2.75, 3.05) is 19.5 Å². The van der Waals surface area contributed by atoms with Crippen molar-refractivity contribution in [3.05, 3.63) is 46.7 Å². The maximum Gasteiger partial charge on any atom is 0.310 e. The van der Waals surface area contributed by atoms with Gasteiger partial charge >= 0.3 is 5.97 Å². The monoisotopic (exact) mass is 384 g/mol. The van der Waals surface area contributed by atoms with Crippen molar-refractivity contribution in [2.45, 2.75) is 43.2 Å². The number of benzene rings is 1. The van der Waals surface area contributed by atoms with E-state index < -0.39 is 29.4 Å². The topological polar surface area (TPSA) is 82.9 Å². The number of anilines is 1. The van der Waals surface area contributed by atoms with Gasteiger partial charge in [-0.2, -0.15) is 0 Å². The third-order valence-corrected chi connectivity index (χ3v) is 7.14. The Morgan fingerprint density at radius 3 is 2.89 bits per heavy atom. The van der Waals surface area contributed by atoms with Crippen molar-refractivity contribution in [2.24, 2.45) is 11.8 Å². The lowest BCUT2D eigenvalue weighted by atomic mass is 9.52. The predicted octanol–water partition coefficient (Wildman–Crippen LogP) is 2.16. The van der Waals surface area contributed by atoms with E-state index in [1.54, 1.807) is 13.3 Å². The van der Waals surface area contributed by atoms with Gasteiger partial charge in [0, 0.05) is 37.1 Å². The van der Waals surface area contributed by atoms with Gasteiger partial charge in [0.2, 0.25) is 11.8 Å². The molecule has 5 rings (SSSR count). The van der Waals surface area contributed by atoms with Crippen molar-refractivity contribution in [3.63, 3.8) is 0 Å². The smallest absolute Gasteiger partial charge is 0.310 e. The minimum Gasteiger partial charge on any atom is -0.623 e. The van der Waals surface area contributed by atoms with Crippen LogP contribution in [0.15, 0.2) is 35.9 Å². The highest BCUT2D eigenvalue weighted by Gasteiger charge is 2.79. The number of hydrogen-bond acceptors (Lipinski definition) is 6. The lowest BCUT2D eigenvalue weighted by Gasteiger charge is -2.53. The number of methoxy groups -OCH3 is 2. The highest BCUT2D eigenvalue weighted by molar-refractivity contribution is 5.85. The van der Waals surface area contributed by atoms with Crippen LogP contribution in [-0.4, -0.2) is 49.2 Å². The van der Waals surface area contributed by atoms with Gasteiger partial charge in [-0.05, 0) is 18.6 Å². The van der Waals surface area contributed by atoms with Gasteiger partial charge in [-0.25, -0.2) is 4.74 Å². The number of para-hydroxylation sites is 1. The van der Waals surface area contributed by atoms with E-state index in [9.17, 15) is 10.0 Å². The summed E-state index contributed by atoms with van der Waals surface area (Å²) in [6.45, 7) is 1.90. The Kier molecular flexibility index (Phi) is 3.67. The Morgan fingerprint density at radius 2 is 2.18 bits per heavy atom. The van der Waals surface area contributed by atoms with Crippen LogP contribution in [0.25, 0.3) is 0 Å². The van der Waals surface area contributed by atoms with Gasteiger partial charge in [0.05, 0.1) is 18.4 Å². The molecule has 0 amide bonds. The van der Waals surface area contributed by atoms with Gasteiger partial charge in [0.25, 0.3) is 0 Å². The van der Waals surface area contributed by atoms with Gasteiger partial charge < -0.3 is 24.7 Å². The number of nitrogens with zero attached hydrogens (tertiary/aromatic N) is 1. The van der Waals surface area contributed by atoms with Crippen molar-refractivity contribution in [3.8, 4) is 0 Å². The summed E-state index contributed by atoms with van der Waals surface area (Å²) in [6, 6.07) is 7.42. The van der Waals surface area contributed by atoms with Crippen LogP contribution in [0.4, 0.5) is 5.69 Å². The largest absolute Gasteiger partial charge is 0.623 e. The Hall–Kier alpha value is -2.38. The van der Waals surface area contributed by atoms with Crippen molar-refractivity contribution < 1.29 is 23.7 Å². The zero-order valence-corrected chi connectivity index (χ0v) is 16.2. The van der Waals surface area contributed by atoms with Gasteiger partial charge in [0.15, 0.2) is 12.5 Å². The molecular formula is C21H24N2O5. The molecule has 2 fully saturated rings. The lowest BCUT2D eigenvalue weighted by Crippen LogP contribution is -2.71. The van der Waals surface area contributed by atoms with E-state index in [0.29, 0.717) is 12.8 Å². The molecule has 28 heavy (non-hydrogen) atoms. The van der Waals surface area contributed by atoms with E-state index in [-0.39, 0.29) is 11.9 Å². The number of carbonyl (C=O) groups excluding carboxylic acids is 1. The van der Waals surface area contributed by atoms with Crippen LogP contribution in [0.1, 0.15) is 25.3 Å².